The van der Waals surface area contributed by atoms with E-state index in [2.05, 4.69) is 10.3 Å². The molecule has 1 aromatic heterocycles. The Labute approximate surface area is 162 Å². The number of hydrogen-bond donors (Lipinski definition) is 1. The quantitative estimate of drug-likeness (QED) is 0.527. The lowest BCUT2D eigenvalue weighted by Gasteiger charge is -2.06. The van der Waals surface area contributed by atoms with Crippen molar-refractivity contribution in [3.63, 3.8) is 0 Å². The lowest BCUT2D eigenvalue weighted by Crippen LogP contribution is -2.07. The predicted molar refractivity (Wildman–Crippen MR) is 102 cm³/mol. The molecule has 0 spiro atoms. The molecule has 8 heteroatoms. The van der Waals surface area contributed by atoms with Crippen LogP contribution in [0.25, 0.3) is 17.3 Å². The van der Waals surface area contributed by atoms with Gasteiger partial charge in [0.05, 0.1) is 11.3 Å². The van der Waals surface area contributed by atoms with Gasteiger partial charge in [-0.25, -0.2) is 4.98 Å². The Morgan fingerprint density at radius 2 is 1.89 bits per heavy atom. The minimum absolute atomic E-state index is 0.279. The molecule has 0 radical (unpaired) electrons. The molecule has 3 nitrogen and oxygen atoms in total. The standard InChI is InChI=1S/C19H12ClF3N2OS/c20-15-7-5-13(6-8-15)16-11-27-18(24-16)25-17(26)9-4-12-2-1-3-14(10-12)19(21,22)23/h1-11H,(H,24,25,26). The number of carbonyl (C=O) groups excluding carboxylic acids is 1. The number of nitrogens with one attached hydrogen (secondary N) is 1. The molecule has 1 amide bonds. The molecule has 1 N–H and O–H groups in total. The molecule has 3 rings (SSSR count). The summed E-state index contributed by atoms with van der Waals surface area (Å²) in [5.74, 6) is -0.482. The fourth-order valence-electron chi connectivity index (χ4n) is 2.22. The highest BCUT2D eigenvalue weighted by Crippen LogP contribution is 2.30. The van der Waals surface area contributed by atoms with Crippen LogP contribution in [0.4, 0.5) is 18.3 Å². The van der Waals surface area contributed by atoms with Crippen molar-refractivity contribution in [2.75, 3.05) is 5.32 Å². The van der Waals surface area contributed by atoms with Gasteiger partial charge < -0.3 is 0 Å². The second-order valence-electron chi connectivity index (χ2n) is 5.49. The van der Waals surface area contributed by atoms with E-state index in [-0.39, 0.29) is 5.56 Å². The number of anilines is 1. The smallest absolute Gasteiger partial charge is 0.298 e. The number of alkyl halides is 3. The zero-order chi connectivity index (χ0) is 19.4. The molecular weight excluding hydrogens is 397 g/mol. The first-order valence-corrected chi connectivity index (χ1v) is 8.95. The second kappa shape index (κ2) is 7.94. The van der Waals surface area contributed by atoms with Crippen molar-refractivity contribution in [2.24, 2.45) is 0 Å². The summed E-state index contributed by atoms with van der Waals surface area (Å²) in [6, 6.07) is 11.9. The number of amides is 1. The number of hydrogen-bond acceptors (Lipinski definition) is 3. The highest BCUT2D eigenvalue weighted by atomic mass is 35.5. The van der Waals surface area contributed by atoms with E-state index in [1.165, 1.54) is 35.6 Å². The van der Waals surface area contributed by atoms with Crippen LogP contribution < -0.4 is 5.32 Å². The fraction of sp³-hybridized carbons (Fsp3) is 0.0526. The zero-order valence-corrected chi connectivity index (χ0v) is 15.2. The summed E-state index contributed by atoms with van der Waals surface area (Å²) >= 11 is 7.09. The van der Waals surface area contributed by atoms with E-state index >= 15 is 0 Å². The van der Waals surface area contributed by atoms with Gasteiger partial charge in [0.2, 0.25) is 5.91 Å². The maximum Gasteiger partial charge on any atom is 0.416 e. The summed E-state index contributed by atoms with van der Waals surface area (Å²) in [7, 11) is 0. The van der Waals surface area contributed by atoms with Crippen molar-refractivity contribution in [2.45, 2.75) is 6.18 Å². The van der Waals surface area contributed by atoms with Crippen LogP contribution in [0.1, 0.15) is 11.1 Å². The highest BCUT2D eigenvalue weighted by Gasteiger charge is 2.30. The van der Waals surface area contributed by atoms with Crippen LogP contribution in [0.5, 0.6) is 0 Å². The molecule has 0 saturated carbocycles. The van der Waals surface area contributed by atoms with Crippen molar-refractivity contribution in [3.05, 3.63) is 76.1 Å². The molecule has 0 saturated heterocycles. The van der Waals surface area contributed by atoms with Gasteiger partial charge in [-0.05, 0) is 35.9 Å². The Morgan fingerprint density at radius 3 is 2.59 bits per heavy atom. The van der Waals surface area contributed by atoms with E-state index in [1.54, 1.807) is 17.5 Å². The predicted octanol–water partition coefficient (Wildman–Crippen LogP) is 6.13. The molecule has 0 atom stereocenters. The third-order valence-corrected chi connectivity index (χ3v) is 4.53. The maximum atomic E-state index is 12.7. The van der Waals surface area contributed by atoms with Crippen molar-refractivity contribution in [3.8, 4) is 11.3 Å². The molecule has 0 unspecified atom stereocenters. The Balaban J connectivity index is 1.66. The molecule has 1 heterocycles. The van der Waals surface area contributed by atoms with Crippen molar-refractivity contribution < 1.29 is 18.0 Å². The number of halogens is 4. The Kier molecular flexibility index (Phi) is 5.62. The topological polar surface area (TPSA) is 42.0 Å². The van der Waals surface area contributed by atoms with Crippen LogP contribution in [0.3, 0.4) is 0 Å². The lowest BCUT2D eigenvalue weighted by atomic mass is 10.1. The zero-order valence-electron chi connectivity index (χ0n) is 13.6. The molecule has 0 aliphatic carbocycles. The largest absolute Gasteiger partial charge is 0.416 e. The van der Waals surface area contributed by atoms with Gasteiger partial charge in [-0.15, -0.1) is 11.3 Å². The number of benzene rings is 2. The van der Waals surface area contributed by atoms with Gasteiger partial charge >= 0.3 is 6.18 Å². The fourth-order valence-corrected chi connectivity index (χ4v) is 3.07. The highest BCUT2D eigenvalue weighted by molar-refractivity contribution is 7.14. The van der Waals surface area contributed by atoms with Crippen molar-refractivity contribution in [1.29, 1.82) is 0 Å². The average Bonchev–Trinajstić information content (AvgIpc) is 3.08. The number of nitrogens with zero attached hydrogens (tertiary/aromatic N) is 1. The van der Waals surface area contributed by atoms with Crippen LogP contribution in [0.15, 0.2) is 60.0 Å². The molecule has 138 valence electrons. The van der Waals surface area contributed by atoms with Crippen LogP contribution in [-0.4, -0.2) is 10.9 Å². The van der Waals surface area contributed by atoms with Crippen LogP contribution in [-0.2, 0) is 11.0 Å². The monoisotopic (exact) mass is 408 g/mol. The lowest BCUT2D eigenvalue weighted by molar-refractivity contribution is -0.137. The summed E-state index contributed by atoms with van der Waals surface area (Å²) in [6.45, 7) is 0. The van der Waals surface area contributed by atoms with E-state index in [9.17, 15) is 18.0 Å². The Morgan fingerprint density at radius 1 is 1.15 bits per heavy atom. The summed E-state index contributed by atoms with van der Waals surface area (Å²) in [6.07, 6.45) is -1.94. The van der Waals surface area contributed by atoms with Gasteiger partial charge in [0, 0.05) is 22.0 Å². The summed E-state index contributed by atoms with van der Waals surface area (Å²) < 4.78 is 38.1. The van der Waals surface area contributed by atoms with Gasteiger partial charge in [-0.3, -0.25) is 10.1 Å². The third kappa shape index (κ3) is 5.18. The molecule has 27 heavy (non-hydrogen) atoms. The van der Waals surface area contributed by atoms with Gasteiger partial charge in [0.15, 0.2) is 5.13 Å². The summed E-state index contributed by atoms with van der Waals surface area (Å²) in [5.41, 5.74) is 1.06. The van der Waals surface area contributed by atoms with E-state index in [0.29, 0.717) is 15.8 Å². The Hall–Kier alpha value is -2.64. The van der Waals surface area contributed by atoms with Gasteiger partial charge in [0.1, 0.15) is 0 Å². The molecule has 0 fully saturated rings. The van der Waals surface area contributed by atoms with Crippen LogP contribution >= 0.6 is 22.9 Å². The SMILES string of the molecule is O=C(C=Cc1cccc(C(F)(F)F)c1)Nc1nc(-c2ccc(Cl)cc2)cs1. The van der Waals surface area contributed by atoms with E-state index in [0.717, 1.165) is 17.7 Å². The molecule has 3 aromatic rings. The Bertz CT molecular complexity index is 981. The van der Waals surface area contributed by atoms with E-state index in [1.807, 2.05) is 12.1 Å². The first-order valence-electron chi connectivity index (χ1n) is 7.69. The average molecular weight is 409 g/mol. The first-order chi connectivity index (χ1) is 12.8. The van der Waals surface area contributed by atoms with Crippen molar-refractivity contribution in [1.82, 2.24) is 4.98 Å². The number of carbonyl (C=O) groups is 1. The molecule has 0 aliphatic heterocycles. The summed E-state index contributed by atoms with van der Waals surface area (Å²) in [4.78, 5) is 16.3. The van der Waals surface area contributed by atoms with Gasteiger partial charge in [-0.1, -0.05) is 35.9 Å². The van der Waals surface area contributed by atoms with Gasteiger partial charge in [-0.2, -0.15) is 13.2 Å². The minimum Gasteiger partial charge on any atom is -0.298 e. The molecule has 0 aliphatic rings. The molecule has 2 aromatic carbocycles. The minimum atomic E-state index is -4.43. The third-order valence-electron chi connectivity index (χ3n) is 3.52. The second-order valence-corrected chi connectivity index (χ2v) is 6.79. The molecular formula is C19H12ClF3N2OS. The number of aromatic nitrogens is 1. The first kappa shape index (κ1) is 19.1. The van der Waals surface area contributed by atoms with Crippen LogP contribution in [0, 0.1) is 0 Å². The van der Waals surface area contributed by atoms with Crippen LogP contribution in [0.2, 0.25) is 5.02 Å². The van der Waals surface area contributed by atoms with Gasteiger partial charge in [0.25, 0.3) is 0 Å². The number of rotatable bonds is 4. The molecule has 0 bridgehead atoms. The van der Waals surface area contributed by atoms with Crippen molar-refractivity contribution >= 4 is 40.1 Å². The normalized spacial score (nSPS) is 11.7. The number of thiazole rings is 1. The maximum absolute atomic E-state index is 12.7. The van der Waals surface area contributed by atoms with E-state index in [4.69, 9.17) is 11.6 Å². The van der Waals surface area contributed by atoms with E-state index < -0.39 is 17.6 Å². The summed E-state index contributed by atoms with van der Waals surface area (Å²) in [5, 5.41) is 5.38.